The number of nitrogen functional groups attached to an aromatic ring is 1. The Kier molecular flexibility index (Phi) is 2.66. The van der Waals surface area contributed by atoms with Crippen molar-refractivity contribution >= 4 is 32.4 Å². The Hall–Kier alpha value is -1.08. The van der Waals surface area contributed by atoms with Crippen molar-refractivity contribution in [1.82, 2.24) is 10.2 Å². The Morgan fingerprint density at radius 2 is 2.00 bits per heavy atom. The van der Waals surface area contributed by atoms with E-state index >= 15 is 0 Å². The normalized spacial score (nSPS) is 10.6. The molecule has 0 amide bonds. The van der Waals surface area contributed by atoms with E-state index in [0.717, 1.165) is 17.4 Å². The second-order valence-electron chi connectivity index (χ2n) is 2.67. The second kappa shape index (κ2) is 3.82. The highest BCUT2D eigenvalue weighted by Gasteiger charge is 2.15. The molecule has 2 rings (SSSR count). The van der Waals surface area contributed by atoms with Crippen molar-refractivity contribution in [3.8, 4) is 10.6 Å². The van der Waals surface area contributed by atoms with Crippen molar-refractivity contribution in [2.45, 2.75) is 0 Å². The van der Waals surface area contributed by atoms with E-state index in [1.165, 1.54) is 6.07 Å². The van der Waals surface area contributed by atoms with Crippen LogP contribution in [0.1, 0.15) is 0 Å². The molecule has 0 aliphatic carbocycles. The highest BCUT2D eigenvalue weighted by Crippen LogP contribution is 2.33. The van der Waals surface area contributed by atoms with Crippen LogP contribution >= 0.6 is 27.3 Å². The highest BCUT2D eigenvalue weighted by molar-refractivity contribution is 9.10. The molecule has 2 aromatic rings. The molecule has 7 heteroatoms. The minimum Gasteiger partial charge on any atom is -0.374 e. The van der Waals surface area contributed by atoms with E-state index in [4.69, 9.17) is 5.73 Å². The molecule has 0 fully saturated rings. The molecule has 1 aromatic heterocycles. The van der Waals surface area contributed by atoms with Crippen LogP contribution < -0.4 is 5.73 Å². The zero-order valence-electron chi connectivity index (χ0n) is 7.17. The van der Waals surface area contributed by atoms with Gasteiger partial charge in [0.25, 0.3) is 0 Å². The maximum atomic E-state index is 13.2. The fourth-order valence-electron chi connectivity index (χ4n) is 1.03. The van der Waals surface area contributed by atoms with Crippen LogP contribution in [0.5, 0.6) is 0 Å². The summed E-state index contributed by atoms with van der Waals surface area (Å²) in [5, 5.41) is 8.06. The molecule has 0 radical (unpaired) electrons. The third-order valence-electron chi connectivity index (χ3n) is 1.71. The third-order valence-corrected chi connectivity index (χ3v) is 3.27. The molecule has 0 unspecified atom stereocenters. The first-order chi connectivity index (χ1) is 7.09. The van der Waals surface area contributed by atoms with Gasteiger partial charge in [0.1, 0.15) is 0 Å². The summed E-state index contributed by atoms with van der Waals surface area (Å²) in [6, 6.07) is 2.45. The molecule has 1 heterocycles. The molecule has 0 saturated heterocycles. The van der Waals surface area contributed by atoms with Crippen LogP contribution in [0.4, 0.5) is 13.9 Å². The first-order valence-corrected chi connectivity index (χ1v) is 5.43. The molecule has 0 spiro atoms. The summed E-state index contributed by atoms with van der Waals surface area (Å²) in [5.41, 5.74) is 5.83. The largest absolute Gasteiger partial charge is 0.374 e. The Morgan fingerprint density at radius 3 is 2.60 bits per heavy atom. The Morgan fingerprint density at radius 1 is 1.27 bits per heavy atom. The van der Waals surface area contributed by atoms with Gasteiger partial charge >= 0.3 is 0 Å². The van der Waals surface area contributed by atoms with E-state index in [2.05, 4.69) is 26.1 Å². The molecule has 78 valence electrons. The quantitative estimate of drug-likeness (QED) is 0.822. The molecule has 0 saturated carbocycles. The van der Waals surface area contributed by atoms with Gasteiger partial charge in [0.05, 0.1) is 4.47 Å². The average molecular weight is 292 g/mol. The van der Waals surface area contributed by atoms with Crippen LogP contribution in [-0.2, 0) is 0 Å². The Balaban J connectivity index is 2.59. The van der Waals surface area contributed by atoms with Gasteiger partial charge in [-0.2, -0.15) is 0 Å². The second-order valence-corrected chi connectivity index (χ2v) is 4.47. The van der Waals surface area contributed by atoms with Crippen LogP contribution in [0.3, 0.4) is 0 Å². The van der Waals surface area contributed by atoms with Crippen molar-refractivity contribution < 1.29 is 8.78 Å². The lowest BCUT2D eigenvalue weighted by atomic mass is 10.2. The molecule has 1 aromatic carbocycles. The number of halogens is 3. The van der Waals surface area contributed by atoms with Gasteiger partial charge in [0.2, 0.25) is 5.13 Å². The van der Waals surface area contributed by atoms with Gasteiger partial charge in [-0.1, -0.05) is 11.3 Å². The van der Waals surface area contributed by atoms with Crippen molar-refractivity contribution in [3.63, 3.8) is 0 Å². The summed E-state index contributed by atoms with van der Waals surface area (Å²) >= 11 is 4.07. The lowest BCUT2D eigenvalue weighted by Gasteiger charge is -2.01. The summed E-state index contributed by atoms with van der Waals surface area (Å²) in [5.74, 6) is -1.86. The van der Waals surface area contributed by atoms with E-state index in [1.54, 1.807) is 0 Å². The third kappa shape index (κ3) is 1.84. The molecule has 0 atom stereocenters. The van der Waals surface area contributed by atoms with E-state index < -0.39 is 11.6 Å². The summed E-state index contributed by atoms with van der Waals surface area (Å²) in [6.45, 7) is 0. The van der Waals surface area contributed by atoms with Crippen molar-refractivity contribution in [2.24, 2.45) is 0 Å². The maximum absolute atomic E-state index is 13.2. The van der Waals surface area contributed by atoms with Crippen LogP contribution in [0.2, 0.25) is 0 Å². The van der Waals surface area contributed by atoms with Gasteiger partial charge in [-0.05, 0) is 28.1 Å². The molecular formula is C8H4BrF2N3S. The van der Waals surface area contributed by atoms with E-state index in [9.17, 15) is 8.78 Å². The van der Waals surface area contributed by atoms with Crippen molar-refractivity contribution in [3.05, 3.63) is 28.2 Å². The van der Waals surface area contributed by atoms with E-state index in [0.29, 0.717) is 10.6 Å². The Labute approximate surface area is 96.1 Å². The number of benzene rings is 1. The number of aromatic nitrogens is 2. The van der Waals surface area contributed by atoms with Gasteiger partial charge in [0, 0.05) is 5.56 Å². The summed E-state index contributed by atoms with van der Waals surface area (Å²) < 4.78 is 26.0. The first-order valence-electron chi connectivity index (χ1n) is 3.82. The van der Waals surface area contributed by atoms with Gasteiger partial charge in [-0.3, -0.25) is 0 Å². The van der Waals surface area contributed by atoms with E-state index in [-0.39, 0.29) is 9.60 Å². The van der Waals surface area contributed by atoms with Gasteiger partial charge < -0.3 is 5.73 Å². The SMILES string of the molecule is Nc1nnc(-c2ccc(F)c(F)c2Br)s1. The fraction of sp³-hybridized carbons (Fsp3) is 0. The fourth-order valence-corrected chi connectivity index (χ4v) is 2.32. The number of rotatable bonds is 1. The standard InChI is InChI=1S/C8H4BrF2N3S/c9-5-3(1-2-4(10)6(5)11)7-13-14-8(12)15-7/h1-2H,(H2,12,14). The van der Waals surface area contributed by atoms with Gasteiger partial charge in [-0.15, -0.1) is 10.2 Å². The first kappa shape index (κ1) is 10.4. The van der Waals surface area contributed by atoms with Crippen molar-refractivity contribution in [1.29, 1.82) is 0 Å². The van der Waals surface area contributed by atoms with Gasteiger partial charge in [0.15, 0.2) is 16.6 Å². The minimum atomic E-state index is -0.943. The Bertz CT molecular complexity index is 515. The summed E-state index contributed by atoms with van der Waals surface area (Å²) in [7, 11) is 0. The number of anilines is 1. The maximum Gasteiger partial charge on any atom is 0.203 e. The molecule has 3 nitrogen and oxygen atoms in total. The number of nitrogens with zero attached hydrogens (tertiary/aromatic N) is 2. The predicted octanol–water partition coefficient (Wildman–Crippen LogP) is 2.83. The van der Waals surface area contributed by atoms with E-state index in [1.807, 2.05) is 0 Å². The van der Waals surface area contributed by atoms with Crippen molar-refractivity contribution in [2.75, 3.05) is 5.73 Å². The lowest BCUT2D eigenvalue weighted by Crippen LogP contribution is -1.88. The smallest absolute Gasteiger partial charge is 0.203 e. The highest BCUT2D eigenvalue weighted by atomic mass is 79.9. The summed E-state index contributed by atoms with van der Waals surface area (Å²) in [6.07, 6.45) is 0. The minimum absolute atomic E-state index is 0.0265. The molecule has 15 heavy (non-hydrogen) atoms. The molecular weight excluding hydrogens is 288 g/mol. The number of nitrogens with two attached hydrogens (primary N) is 1. The van der Waals surface area contributed by atoms with Gasteiger partial charge in [-0.25, -0.2) is 8.78 Å². The number of hydrogen-bond donors (Lipinski definition) is 1. The molecule has 0 aliphatic rings. The van der Waals surface area contributed by atoms with Crippen LogP contribution in [0, 0.1) is 11.6 Å². The average Bonchev–Trinajstić information content (AvgIpc) is 2.61. The molecule has 0 aliphatic heterocycles. The zero-order chi connectivity index (χ0) is 11.0. The molecule has 0 bridgehead atoms. The van der Waals surface area contributed by atoms with Crippen LogP contribution in [0.25, 0.3) is 10.6 Å². The topological polar surface area (TPSA) is 51.8 Å². The number of hydrogen-bond acceptors (Lipinski definition) is 4. The zero-order valence-corrected chi connectivity index (χ0v) is 9.57. The van der Waals surface area contributed by atoms with Crippen LogP contribution in [0.15, 0.2) is 16.6 Å². The lowest BCUT2D eigenvalue weighted by molar-refractivity contribution is 0.504. The molecule has 2 N–H and O–H groups in total. The predicted molar refractivity (Wildman–Crippen MR) is 57.4 cm³/mol. The van der Waals surface area contributed by atoms with Crippen LogP contribution in [-0.4, -0.2) is 10.2 Å². The summed E-state index contributed by atoms with van der Waals surface area (Å²) in [4.78, 5) is 0. The monoisotopic (exact) mass is 291 g/mol.